The van der Waals surface area contributed by atoms with Crippen LogP contribution in [0.1, 0.15) is 25.6 Å². The van der Waals surface area contributed by atoms with Crippen molar-refractivity contribution in [3.63, 3.8) is 0 Å². The van der Waals surface area contributed by atoms with Crippen LogP contribution in [0.2, 0.25) is 0 Å². The lowest BCUT2D eigenvalue weighted by Crippen LogP contribution is -2.54. The van der Waals surface area contributed by atoms with Crippen molar-refractivity contribution in [3.8, 4) is 21.8 Å². The molecule has 36 heavy (non-hydrogen) atoms. The van der Waals surface area contributed by atoms with Gasteiger partial charge in [0.15, 0.2) is 5.78 Å². The van der Waals surface area contributed by atoms with Crippen molar-refractivity contribution < 1.29 is 23.9 Å². The molecule has 2 aliphatic heterocycles. The number of aromatic amines is 1. The van der Waals surface area contributed by atoms with E-state index in [0.717, 1.165) is 4.88 Å². The lowest BCUT2D eigenvalue weighted by molar-refractivity contribution is 0.0306. The number of fused-ring (bicyclic) bond motifs is 3. The fourth-order valence-electron chi connectivity index (χ4n) is 4.89. The molecule has 6 rings (SSSR count). The molecule has 3 aromatic rings. The molecule has 12 heteroatoms. The standard InChI is InChI=1S/C24H24N6O5S/c25-24(33)30(29-8-12-35-13-9-29)15-3-1-2-14-18(15)22(31)19-20(14)26-27-21(19)16-4-5-17(36-16)23(32)28-6-10-34-11-7-28/h1-5H,6-13H2,(H2,25,33)(H,26,27). The maximum atomic E-state index is 13.8. The summed E-state index contributed by atoms with van der Waals surface area (Å²) in [6.45, 7) is 4.05. The van der Waals surface area contributed by atoms with Crippen molar-refractivity contribution in [3.05, 3.63) is 46.3 Å². The number of H-pyrrole nitrogens is 1. The smallest absolute Gasteiger partial charge is 0.334 e. The minimum atomic E-state index is -0.672. The maximum Gasteiger partial charge on any atom is 0.334 e. The van der Waals surface area contributed by atoms with Crippen LogP contribution in [0.3, 0.4) is 0 Å². The molecule has 186 valence electrons. The van der Waals surface area contributed by atoms with E-state index >= 15 is 0 Å². The van der Waals surface area contributed by atoms with Crippen LogP contribution in [0.4, 0.5) is 10.5 Å². The van der Waals surface area contributed by atoms with Gasteiger partial charge < -0.3 is 20.1 Å². The number of carbonyl (C=O) groups excluding carboxylic acids is 3. The SMILES string of the molecule is NC(=O)N(c1cccc2c1C(=O)c1c-2n[nH]c1-c1ccc(C(=O)N2CCOCC2)s1)N1CCOCC1. The third-order valence-corrected chi connectivity index (χ3v) is 7.68. The van der Waals surface area contributed by atoms with E-state index in [1.54, 1.807) is 28.1 Å². The molecule has 2 saturated heterocycles. The van der Waals surface area contributed by atoms with Gasteiger partial charge in [-0.1, -0.05) is 12.1 Å². The van der Waals surface area contributed by atoms with Gasteiger partial charge in [-0.25, -0.2) is 14.8 Å². The summed E-state index contributed by atoms with van der Waals surface area (Å²) in [6.07, 6.45) is 0. The molecule has 1 aromatic carbocycles. The maximum absolute atomic E-state index is 13.8. The highest BCUT2D eigenvalue weighted by Gasteiger charge is 2.38. The number of nitrogens with zero attached hydrogens (tertiary/aromatic N) is 4. The summed E-state index contributed by atoms with van der Waals surface area (Å²) in [7, 11) is 0. The first-order valence-electron chi connectivity index (χ1n) is 11.7. The molecule has 1 aliphatic carbocycles. The third kappa shape index (κ3) is 3.69. The highest BCUT2D eigenvalue weighted by Crippen LogP contribution is 2.45. The Balaban J connectivity index is 1.35. The first-order valence-corrected chi connectivity index (χ1v) is 12.5. The number of amides is 3. The molecule has 3 N–H and O–H groups in total. The molecule has 3 amide bonds. The van der Waals surface area contributed by atoms with Gasteiger partial charge in [0.2, 0.25) is 0 Å². The fourth-order valence-corrected chi connectivity index (χ4v) is 5.86. The van der Waals surface area contributed by atoms with E-state index < -0.39 is 6.03 Å². The molecule has 0 spiro atoms. The summed E-state index contributed by atoms with van der Waals surface area (Å²) in [4.78, 5) is 42.3. The van der Waals surface area contributed by atoms with Gasteiger partial charge >= 0.3 is 6.03 Å². The number of nitrogens with two attached hydrogens (primary N) is 1. The monoisotopic (exact) mass is 508 g/mol. The molecule has 2 fully saturated rings. The molecule has 0 bridgehead atoms. The van der Waals surface area contributed by atoms with Crippen LogP contribution in [0.5, 0.6) is 0 Å². The molecule has 2 aromatic heterocycles. The molecule has 4 heterocycles. The van der Waals surface area contributed by atoms with Crippen LogP contribution in [-0.4, -0.2) is 90.4 Å². The number of hydrogen-bond donors (Lipinski definition) is 2. The number of primary amides is 1. The number of morpholine rings is 2. The molecule has 0 saturated carbocycles. The number of aromatic nitrogens is 2. The summed E-state index contributed by atoms with van der Waals surface area (Å²) in [5, 5.41) is 10.6. The molecule has 0 atom stereocenters. The number of ether oxygens (including phenoxy) is 2. The van der Waals surface area contributed by atoms with E-state index in [1.165, 1.54) is 16.3 Å². The summed E-state index contributed by atoms with van der Waals surface area (Å²) < 4.78 is 10.7. The summed E-state index contributed by atoms with van der Waals surface area (Å²) >= 11 is 1.32. The lowest BCUT2D eigenvalue weighted by atomic mass is 10.1. The van der Waals surface area contributed by atoms with Crippen molar-refractivity contribution in [1.82, 2.24) is 20.1 Å². The van der Waals surface area contributed by atoms with E-state index in [0.29, 0.717) is 91.2 Å². The molecule has 11 nitrogen and oxygen atoms in total. The number of carbonyl (C=O) groups is 3. The predicted molar refractivity (Wildman–Crippen MR) is 132 cm³/mol. The van der Waals surface area contributed by atoms with Crippen LogP contribution < -0.4 is 10.7 Å². The number of hydrazine groups is 1. The van der Waals surface area contributed by atoms with E-state index in [4.69, 9.17) is 15.2 Å². The molecule has 0 radical (unpaired) electrons. The van der Waals surface area contributed by atoms with Crippen molar-refractivity contribution >= 4 is 34.7 Å². The van der Waals surface area contributed by atoms with Gasteiger partial charge in [0.1, 0.15) is 5.69 Å². The third-order valence-electron chi connectivity index (χ3n) is 6.59. The van der Waals surface area contributed by atoms with Gasteiger partial charge in [-0.15, -0.1) is 11.3 Å². The first kappa shape index (κ1) is 22.9. The van der Waals surface area contributed by atoms with Crippen LogP contribution in [-0.2, 0) is 9.47 Å². The van der Waals surface area contributed by atoms with Gasteiger partial charge in [-0.3, -0.25) is 14.7 Å². The van der Waals surface area contributed by atoms with E-state index in [1.807, 2.05) is 12.1 Å². The van der Waals surface area contributed by atoms with Crippen LogP contribution >= 0.6 is 11.3 Å². The summed E-state index contributed by atoms with van der Waals surface area (Å²) in [6, 6.07) is 8.24. The zero-order valence-electron chi connectivity index (χ0n) is 19.4. The highest BCUT2D eigenvalue weighted by molar-refractivity contribution is 7.17. The van der Waals surface area contributed by atoms with Crippen molar-refractivity contribution in [2.45, 2.75) is 0 Å². The largest absolute Gasteiger partial charge is 0.379 e. The Kier molecular flexibility index (Phi) is 5.80. The molecular weight excluding hydrogens is 484 g/mol. The van der Waals surface area contributed by atoms with Crippen molar-refractivity contribution in [2.24, 2.45) is 5.73 Å². The average Bonchev–Trinajstić information content (AvgIpc) is 3.62. The number of ketones is 1. The quantitative estimate of drug-likeness (QED) is 0.430. The van der Waals surface area contributed by atoms with Crippen LogP contribution in [0, 0.1) is 0 Å². The average molecular weight is 509 g/mol. The summed E-state index contributed by atoms with van der Waals surface area (Å²) in [5.74, 6) is -0.293. The fraction of sp³-hybridized carbons (Fsp3) is 0.333. The molecular formula is C24H24N6O5S. The van der Waals surface area contributed by atoms with E-state index in [9.17, 15) is 14.4 Å². The van der Waals surface area contributed by atoms with Gasteiger partial charge in [0.25, 0.3) is 5.91 Å². The van der Waals surface area contributed by atoms with Crippen LogP contribution in [0.25, 0.3) is 21.8 Å². The zero-order valence-corrected chi connectivity index (χ0v) is 20.2. The van der Waals surface area contributed by atoms with Gasteiger partial charge in [-0.2, -0.15) is 5.10 Å². The van der Waals surface area contributed by atoms with E-state index in [-0.39, 0.29) is 11.7 Å². The summed E-state index contributed by atoms with van der Waals surface area (Å²) in [5.41, 5.74) is 8.71. The van der Waals surface area contributed by atoms with Crippen LogP contribution in [0.15, 0.2) is 30.3 Å². The number of hydrogen-bond acceptors (Lipinski definition) is 8. The predicted octanol–water partition coefficient (Wildman–Crippen LogP) is 1.95. The van der Waals surface area contributed by atoms with Crippen molar-refractivity contribution in [2.75, 3.05) is 57.6 Å². The highest BCUT2D eigenvalue weighted by atomic mass is 32.1. The number of thiophene rings is 1. The Morgan fingerprint density at radius 1 is 1.00 bits per heavy atom. The second-order valence-electron chi connectivity index (χ2n) is 8.64. The second kappa shape index (κ2) is 9.13. The topological polar surface area (TPSA) is 134 Å². The first-order chi connectivity index (χ1) is 17.5. The second-order valence-corrected chi connectivity index (χ2v) is 9.72. The Hall–Kier alpha value is -3.58. The van der Waals surface area contributed by atoms with Crippen molar-refractivity contribution in [1.29, 1.82) is 0 Å². The Bertz CT molecular complexity index is 1350. The minimum Gasteiger partial charge on any atom is -0.379 e. The molecule has 0 unspecified atom stereocenters. The lowest BCUT2D eigenvalue weighted by Gasteiger charge is -2.36. The normalized spacial score (nSPS) is 17.7. The van der Waals surface area contributed by atoms with E-state index in [2.05, 4.69) is 10.2 Å². The van der Waals surface area contributed by atoms with Gasteiger partial charge in [0.05, 0.1) is 58.7 Å². The van der Waals surface area contributed by atoms with Gasteiger partial charge in [0, 0.05) is 31.7 Å². The number of benzene rings is 1. The number of nitrogens with one attached hydrogen (secondary N) is 1. The Labute approximate surface area is 210 Å². The Morgan fingerprint density at radius 2 is 1.72 bits per heavy atom. The Morgan fingerprint density at radius 3 is 2.44 bits per heavy atom. The van der Waals surface area contributed by atoms with Gasteiger partial charge in [-0.05, 0) is 18.2 Å². The number of urea groups is 1. The number of rotatable bonds is 4. The minimum absolute atomic E-state index is 0.0507. The molecule has 3 aliphatic rings. The zero-order chi connectivity index (χ0) is 24.8. The number of anilines is 1.